The SMILES string of the molecule is CN(C)c1cccc2c(S(=O)(=O)N3CCN(c4ccccc4Cl)CC3)cccc12. The molecule has 0 atom stereocenters. The van der Waals surface area contributed by atoms with Crippen molar-refractivity contribution >= 4 is 43.8 Å². The number of para-hydroxylation sites is 1. The largest absolute Gasteiger partial charge is 0.377 e. The van der Waals surface area contributed by atoms with E-state index in [1.54, 1.807) is 10.4 Å². The fourth-order valence-electron chi connectivity index (χ4n) is 3.90. The topological polar surface area (TPSA) is 43.9 Å². The van der Waals surface area contributed by atoms with Crippen molar-refractivity contribution in [3.8, 4) is 0 Å². The predicted molar refractivity (Wildman–Crippen MR) is 121 cm³/mol. The number of sulfonamides is 1. The van der Waals surface area contributed by atoms with E-state index in [0.717, 1.165) is 22.1 Å². The summed E-state index contributed by atoms with van der Waals surface area (Å²) in [6.07, 6.45) is 0. The van der Waals surface area contributed by atoms with Crippen LogP contribution in [0.15, 0.2) is 65.6 Å². The maximum Gasteiger partial charge on any atom is 0.243 e. The average molecular weight is 430 g/mol. The van der Waals surface area contributed by atoms with Crippen LogP contribution in [0.5, 0.6) is 0 Å². The summed E-state index contributed by atoms with van der Waals surface area (Å²) >= 11 is 6.31. The zero-order chi connectivity index (χ0) is 20.6. The van der Waals surface area contributed by atoms with Crippen LogP contribution in [0.2, 0.25) is 5.02 Å². The van der Waals surface area contributed by atoms with Gasteiger partial charge in [-0.15, -0.1) is 0 Å². The molecule has 3 aromatic rings. The van der Waals surface area contributed by atoms with E-state index in [0.29, 0.717) is 36.1 Å². The van der Waals surface area contributed by atoms with Crippen molar-refractivity contribution in [2.75, 3.05) is 50.1 Å². The average Bonchev–Trinajstić information content (AvgIpc) is 2.73. The summed E-state index contributed by atoms with van der Waals surface area (Å²) in [7, 11) is 0.333. The number of fused-ring (bicyclic) bond motifs is 1. The Labute approximate surface area is 177 Å². The van der Waals surface area contributed by atoms with Crippen LogP contribution in [-0.2, 0) is 10.0 Å². The van der Waals surface area contributed by atoms with Gasteiger partial charge in [0.1, 0.15) is 0 Å². The van der Waals surface area contributed by atoms with E-state index in [2.05, 4.69) is 4.90 Å². The van der Waals surface area contributed by atoms with Gasteiger partial charge >= 0.3 is 0 Å². The van der Waals surface area contributed by atoms with Crippen molar-refractivity contribution in [1.82, 2.24) is 4.31 Å². The van der Waals surface area contributed by atoms with Gasteiger partial charge in [-0.2, -0.15) is 4.31 Å². The molecule has 1 aliphatic rings. The van der Waals surface area contributed by atoms with Gasteiger partial charge in [-0.1, -0.05) is 48.0 Å². The lowest BCUT2D eigenvalue weighted by atomic mass is 10.1. The Morgan fingerprint density at radius 1 is 0.828 bits per heavy atom. The van der Waals surface area contributed by atoms with Crippen molar-refractivity contribution in [3.63, 3.8) is 0 Å². The number of rotatable bonds is 4. The first-order valence-electron chi connectivity index (χ1n) is 9.58. The molecule has 0 aliphatic carbocycles. The van der Waals surface area contributed by atoms with Crippen molar-refractivity contribution in [1.29, 1.82) is 0 Å². The van der Waals surface area contributed by atoms with E-state index in [-0.39, 0.29) is 0 Å². The van der Waals surface area contributed by atoms with Gasteiger partial charge in [0, 0.05) is 56.7 Å². The van der Waals surface area contributed by atoms with Crippen molar-refractivity contribution in [2.45, 2.75) is 4.90 Å². The summed E-state index contributed by atoms with van der Waals surface area (Å²) < 4.78 is 28.5. The molecule has 1 aliphatic heterocycles. The van der Waals surface area contributed by atoms with E-state index in [1.807, 2.05) is 73.6 Å². The van der Waals surface area contributed by atoms with Gasteiger partial charge in [-0.25, -0.2) is 8.42 Å². The zero-order valence-corrected chi connectivity index (χ0v) is 18.1. The van der Waals surface area contributed by atoms with Crippen LogP contribution in [0, 0.1) is 0 Å². The molecule has 0 spiro atoms. The first kappa shape index (κ1) is 20.0. The lowest BCUT2D eigenvalue weighted by Gasteiger charge is -2.36. The lowest BCUT2D eigenvalue weighted by Crippen LogP contribution is -2.48. The van der Waals surface area contributed by atoms with E-state index >= 15 is 0 Å². The second-order valence-corrected chi connectivity index (χ2v) is 9.68. The van der Waals surface area contributed by atoms with Crippen LogP contribution in [-0.4, -0.2) is 53.0 Å². The third kappa shape index (κ3) is 3.68. The van der Waals surface area contributed by atoms with E-state index in [9.17, 15) is 8.42 Å². The summed E-state index contributed by atoms with van der Waals surface area (Å²) in [5, 5.41) is 2.38. The summed E-state index contributed by atoms with van der Waals surface area (Å²) in [5.74, 6) is 0. The minimum atomic E-state index is -3.59. The monoisotopic (exact) mass is 429 g/mol. The number of nitrogens with zero attached hydrogens (tertiary/aromatic N) is 3. The molecule has 0 N–H and O–H groups in total. The summed E-state index contributed by atoms with van der Waals surface area (Å²) in [4.78, 5) is 4.51. The van der Waals surface area contributed by atoms with E-state index in [4.69, 9.17) is 11.6 Å². The van der Waals surface area contributed by atoms with Crippen molar-refractivity contribution < 1.29 is 8.42 Å². The Kier molecular flexibility index (Phi) is 5.42. The Hall–Kier alpha value is -2.28. The highest BCUT2D eigenvalue weighted by atomic mass is 35.5. The van der Waals surface area contributed by atoms with Gasteiger partial charge in [-0.3, -0.25) is 0 Å². The number of benzene rings is 3. The maximum absolute atomic E-state index is 13.5. The van der Waals surface area contributed by atoms with Crippen molar-refractivity contribution in [2.24, 2.45) is 0 Å². The molecule has 0 unspecified atom stereocenters. The third-order valence-corrected chi connectivity index (χ3v) is 7.67. The Bertz CT molecular complexity index is 1140. The first-order valence-corrected chi connectivity index (χ1v) is 11.4. The standard InChI is InChI=1S/C22H24ClN3O2S/c1-24(2)20-11-5-8-18-17(20)7-6-12-22(18)29(27,28)26-15-13-25(14-16-26)21-10-4-3-9-19(21)23/h3-12H,13-16H2,1-2H3. The first-order chi connectivity index (χ1) is 13.9. The molecular weight excluding hydrogens is 406 g/mol. The molecule has 5 nitrogen and oxygen atoms in total. The highest BCUT2D eigenvalue weighted by Crippen LogP contribution is 2.32. The van der Waals surface area contributed by atoms with Gasteiger partial charge < -0.3 is 9.80 Å². The van der Waals surface area contributed by atoms with Crippen molar-refractivity contribution in [3.05, 3.63) is 65.7 Å². The van der Waals surface area contributed by atoms with Crippen LogP contribution in [0.1, 0.15) is 0 Å². The fraction of sp³-hybridized carbons (Fsp3) is 0.273. The summed E-state index contributed by atoms with van der Waals surface area (Å²) in [5.41, 5.74) is 1.95. The zero-order valence-electron chi connectivity index (χ0n) is 16.5. The van der Waals surface area contributed by atoms with Crippen LogP contribution in [0.3, 0.4) is 0 Å². The molecule has 0 bridgehead atoms. The number of hydrogen-bond donors (Lipinski definition) is 0. The molecule has 0 aromatic heterocycles. The molecule has 1 fully saturated rings. The smallest absolute Gasteiger partial charge is 0.243 e. The molecule has 0 radical (unpaired) electrons. The number of hydrogen-bond acceptors (Lipinski definition) is 4. The van der Waals surface area contributed by atoms with Gasteiger partial charge in [0.25, 0.3) is 0 Å². The molecule has 29 heavy (non-hydrogen) atoms. The normalized spacial score (nSPS) is 15.6. The Morgan fingerprint density at radius 2 is 1.48 bits per heavy atom. The lowest BCUT2D eigenvalue weighted by molar-refractivity contribution is 0.385. The summed E-state index contributed by atoms with van der Waals surface area (Å²) in [6.45, 7) is 2.07. The molecule has 152 valence electrons. The number of anilines is 2. The second kappa shape index (κ2) is 7.86. The number of halogens is 1. The number of piperazine rings is 1. The minimum Gasteiger partial charge on any atom is -0.377 e. The van der Waals surface area contributed by atoms with Crippen LogP contribution >= 0.6 is 11.6 Å². The molecular formula is C22H24ClN3O2S. The van der Waals surface area contributed by atoms with E-state index < -0.39 is 10.0 Å². The van der Waals surface area contributed by atoms with Gasteiger partial charge in [0.05, 0.1) is 15.6 Å². The molecule has 0 amide bonds. The second-order valence-electron chi connectivity index (χ2n) is 7.37. The maximum atomic E-state index is 13.5. The van der Waals surface area contributed by atoms with Gasteiger partial charge in [-0.05, 0) is 24.3 Å². The molecule has 1 saturated heterocycles. The van der Waals surface area contributed by atoms with Gasteiger partial charge in [0.15, 0.2) is 0 Å². The molecule has 1 heterocycles. The highest BCUT2D eigenvalue weighted by molar-refractivity contribution is 7.89. The molecule has 4 rings (SSSR count). The fourth-order valence-corrected chi connectivity index (χ4v) is 5.78. The van der Waals surface area contributed by atoms with Crippen LogP contribution < -0.4 is 9.80 Å². The predicted octanol–water partition coefficient (Wildman–Crippen LogP) is 4.07. The van der Waals surface area contributed by atoms with Gasteiger partial charge in [0.2, 0.25) is 10.0 Å². The Balaban J connectivity index is 1.64. The quantitative estimate of drug-likeness (QED) is 0.627. The summed E-state index contributed by atoms with van der Waals surface area (Å²) in [6, 6.07) is 19.0. The minimum absolute atomic E-state index is 0.366. The highest BCUT2D eigenvalue weighted by Gasteiger charge is 2.30. The van der Waals surface area contributed by atoms with Crippen LogP contribution in [0.25, 0.3) is 10.8 Å². The van der Waals surface area contributed by atoms with Crippen LogP contribution in [0.4, 0.5) is 11.4 Å². The molecule has 0 saturated carbocycles. The Morgan fingerprint density at radius 3 is 2.17 bits per heavy atom. The third-order valence-electron chi connectivity index (χ3n) is 5.39. The molecule has 7 heteroatoms. The molecule has 3 aromatic carbocycles. The van der Waals surface area contributed by atoms with E-state index in [1.165, 1.54) is 0 Å².